The smallest absolute Gasteiger partial charge is 0.268 e. The Labute approximate surface area is 212 Å². The van der Waals surface area contributed by atoms with Gasteiger partial charge in [-0.15, -0.1) is 0 Å². The molecule has 1 atom stereocenters. The predicted molar refractivity (Wildman–Crippen MR) is 143 cm³/mol. The lowest BCUT2D eigenvalue weighted by atomic mass is 10.0. The highest BCUT2D eigenvalue weighted by molar-refractivity contribution is 6.30. The monoisotopic (exact) mass is 494 g/mol. The molecule has 1 fully saturated rings. The number of hydrogen-bond donors (Lipinski definition) is 4. The Morgan fingerprint density at radius 1 is 1.26 bits per heavy atom. The Morgan fingerprint density at radius 2 is 2.03 bits per heavy atom. The number of rotatable bonds is 8. The van der Waals surface area contributed by atoms with E-state index >= 15 is 0 Å². The number of H-pyrrole nitrogens is 1. The molecule has 8 heteroatoms. The molecule has 2 aromatic heterocycles. The maximum atomic E-state index is 12.9. The van der Waals surface area contributed by atoms with Gasteiger partial charge in [-0.3, -0.25) is 4.79 Å². The molecule has 0 radical (unpaired) electrons. The number of aromatic nitrogens is 2. The summed E-state index contributed by atoms with van der Waals surface area (Å²) < 4.78 is 0. The van der Waals surface area contributed by atoms with Crippen LogP contribution < -0.4 is 16.4 Å². The number of aryl methyl sites for hydroxylation is 1. The highest BCUT2D eigenvalue weighted by atomic mass is 35.5. The van der Waals surface area contributed by atoms with Crippen LogP contribution in [0.25, 0.3) is 11.1 Å². The van der Waals surface area contributed by atoms with Crippen molar-refractivity contribution >= 4 is 23.3 Å². The van der Waals surface area contributed by atoms with Crippen LogP contribution in [-0.4, -0.2) is 52.5 Å². The number of aromatic amines is 1. The van der Waals surface area contributed by atoms with Gasteiger partial charge in [-0.05, 0) is 74.6 Å². The van der Waals surface area contributed by atoms with E-state index in [1.165, 1.54) is 0 Å². The lowest BCUT2D eigenvalue weighted by Crippen LogP contribution is -2.42. The Kier molecular flexibility index (Phi) is 8.11. The van der Waals surface area contributed by atoms with E-state index in [4.69, 9.17) is 17.3 Å². The fourth-order valence-corrected chi connectivity index (χ4v) is 4.80. The number of likely N-dealkylation sites (tertiary alicyclic amines) is 1. The SMILES string of the molecule is Cc1cnc(NC2CCN(C(C)C)CC2)cc1-c1c[nH]c(C(=O)N[C@H](CN)c2cccc(Cl)c2)c1. The van der Waals surface area contributed by atoms with Crippen molar-refractivity contribution in [3.8, 4) is 11.1 Å². The number of benzene rings is 1. The number of amides is 1. The van der Waals surface area contributed by atoms with Crippen LogP contribution in [-0.2, 0) is 0 Å². The van der Waals surface area contributed by atoms with Crippen LogP contribution in [0.15, 0.2) is 48.8 Å². The Hall–Kier alpha value is -2.87. The maximum absolute atomic E-state index is 12.9. The number of nitrogens with two attached hydrogens (primary N) is 1. The van der Waals surface area contributed by atoms with Crippen molar-refractivity contribution in [1.29, 1.82) is 0 Å². The molecule has 3 aromatic rings. The number of pyridine rings is 1. The molecule has 1 amide bonds. The first kappa shape index (κ1) is 25.2. The largest absolute Gasteiger partial charge is 0.367 e. The van der Waals surface area contributed by atoms with Crippen LogP contribution in [0.4, 0.5) is 5.82 Å². The van der Waals surface area contributed by atoms with Crippen LogP contribution in [0.1, 0.15) is 54.3 Å². The van der Waals surface area contributed by atoms with Crippen LogP contribution >= 0.6 is 11.6 Å². The van der Waals surface area contributed by atoms with Crippen LogP contribution in [0.3, 0.4) is 0 Å². The van der Waals surface area contributed by atoms with E-state index in [1.807, 2.05) is 43.6 Å². The van der Waals surface area contributed by atoms with Gasteiger partial charge >= 0.3 is 0 Å². The molecule has 0 spiro atoms. The van der Waals surface area contributed by atoms with Crippen molar-refractivity contribution in [2.45, 2.75) is 51.7 Å². The van der Waals surface area contributed by atoms with Crippen molar-refractivity contribution in [2.75, 3.05) is 25.0 Å². The van der Waals surface area contributed by atoms with E-state index in [0.29, 0.717) is 22.8 Å². The van der Waals surface area contributed by atoms with Gasteiger partial charge < -0.3 is 26.3 Å². The molecule has 186 valence electrons. The minimum Gasteiger partial charge on any atom is -0.367 e. The van der Waals surface area contributed by atoms with Crippen molar-refractivity contribution in [3.63, 3.8) is 0 Å². The molecular formula is C27H35ClN6O. The van der Waals surface area contributed by atoms with Crippen LogP contribution in [0.5, 0.6) is 0 Å². The molecule has 0 unspecified atom stereocenters. The highest BCUT2D eigenvalue weighted by Gasteiger charge is 2.21. The molecule has 1 aromatic carbocycles. The predicted octanol–water partition coefficient (Wildman–Crippen LogP) is 4.75. The number of anilines is 1. The molecule has 1 saturated heterocycles. The van der Waals surface area contributed by atoms with Crippen molar-refractivity contribution in [3.05, 3.63) is 70.6 Å². The molecule has 3 heterocycles. The number of piperidine rings is 1. The van der Waals surface area contributed by atoms with Gasteiger partial charge in [-0.25, -0.2) is 4.98 Å². The number of carbonyl (C=O) groups is 1. The van der Waals surface area contributed by atoms with E-state index in [2.05, 4.69) is 45.4 Å². The van der Waals surface area contributed by atoms with E-state index in [1.54, 1.807) is 6.07 Å². The summed E-state index contributed by atoms with van der Waals surface area (Å²) in [5.41, 5.74) is 10.3. The minimum absolute atomic E-state index is 0.214. The van der Waals surface area contributed by atoms with Gasteiger partial charge in [-0.1, -0.05) is 23.7 Å². The first-order chi connectivity index (χ1) is 16.8. The third kappa shape index (κ3) is 6.23. The lowest BCUT2D eigenvalue weighted by Gasteiger charge is -2.35. The second-order valence-electron chi connectivity index (χ2n) is 9.55. The molecule has 4 rings (SSSR count). The van der Waals surface area contributed by atoms with Crippen LogP contribution in [0, 0.1) is 6.92 Å². The fourth-order valence-electron chi connectivity index (χ4n) is 4.60. The summed E-state index contributed by atoms with van der Waals surface area (Å²) in [4.78, 5) is 23.2. The van der Waals surface area contributed by atoms with E-state index in [0.717, 1.165) is 54.0 Å². The summed E-state index contributed by atoms with van der Waals surface area (Å²) in [6.07, 6.45) is 5.95. The average Bonchev–Trinajstić information content (AvgIpc) is 3.34. The van der Waals surface area contributed by atoms with Gasteiger partial charge in [0.25, 0.3) is 5.91 Å². The summed E-state index contributed by atoms with van der Waals surface area (Å²) >= 11 is 6.11. The number of nitrogens with zero attached hydrogens (tertiary/aromatic N) is 2. The second kappa shape index (κ2) is 11.2. The quantitative estimate of drug-likeness (QED) is 0.362. The van der Waals surface area contributed by atoms with Gasteiger partial charge in [-0.2, -0.15) is 0 Å². The van der Waals surface area contributed by atoms with E-state index < -0.39 is 0 Å². The van der Waals surface area contributed by atoms with E-state index in [-0.39, 0.29) is 18.5 Å². The normalized spacial score (nSPS) is 15.8. The summed E-state index contributed by atoms with van der Waals surface area (Å²) in [7, 11) is 0. The molecule has 1 aliphatic heterocycles. The van der Waals surface area contributed by atoms with Crippen LogP contribution in [0.2, 0.25) is 5.02 Å². The first-order valence-electron chi connectivity index (χ1n) is 12.3. The molecule has 35 heavy (non-hydrogen) atoms. The molecule has 0 aliphatic carbocycles. The zero-order chi connectivity index (χ0) is 24.9. The summed E-state index contributed by atoms with van der Waals surface area (Å²) in [5.74, 6) is 0.651. The van der Waals surface area contributed by atoms with Crippen molar-refractivity contribution in [1.82, 2.24) is 20.2 Å². The third-order valence-corrected chi connectivity index (χ3v) is 6.98. The highest BCUT2D eigenvalue weighted by Crippen LogP contribution is 2.27. The van der Waals surface area contributed by atoms with E-state index in [9.17, 15) is 4.79 Å². The fraction of sp³-hybridized carbons (Fsp3) is 0.407. The number of halogens is 1. The lowest BCUT2D eigenvalue weighted by molar-refractivity contribution is 0.0933. The standard InChI is InChI=1S/C27H35ClN6O/c1-17(2)34-9-7-22(8-10-34)32-26-13-23(18(3)15-31-26)20-12-24(30-16-20)27(35)33-25(14-29)19-5-4-6-21(28)11-19/h4-6,11-13,15-17,22,25,30H,7-10,14,29H2,1-3H3,(H,31,32)(H,33,35)/t25-/m1/s1. The average molecular weight is 495 g/mol. The van der Waals surface area contributed by atoms with Gasteiger partial charge in [0.05, 0.1) is 6.04 Å². The van der Waals surface area contributed by atoms with Gasteiger partial charge in [0.1, 0.15) is 11.5 Å². The topological polar surface area (TPSA) is 99.1 Å². The molecule has 7 nitrogen and oxygen atoms in total. The summed E-state index contributed by atoms with van der Waals surface area (Å²) in [6.45, 7) is 9.01. The number of hydrogen-bond acceptors (Lipinski definition) is 5. The zero-order valence-electron chi connectivity index (χ0n) is 20.6. The maximum Gasteiger partial charge on any atom is 0.268 e. The van der Waals surface area contributed by atoms with Crippen molar-refractivity contribution in [2.24, 2.45) is 5.73 Å². The van der Waals surface area contributed by atoms with Gasteiger partial charge in [0.2, 0.25) is 0 Å². The molecular weight excluding hydrogens is 460 g/mol. The zero-order valence-corrected chi connectivity index (χ0v) is 21.4. The summed E-state index contributed by atoms with van der Waals surface area (Å²) in [5, 5.41) is 7.22. The molecule has 0 bridgehead atoms. The molecule has 0 saturated carbocycles. The Bertz CT molecular complexity index is 1150. The Balaban J connectivity index is 1.44. The minimum atomic E-state index is -0.325. The van der Waals surface area contributed by atoms with Gasteiger partial charge in [0, 0.05) is 54.7 Å². The first-order valence-corrected chi connectivity index (χ1v) is 12.6. The molecule has 1 aliphatic rings. The van der Waals surface area contributed by atoms with Crippen molar-refractivity contribution < 1.29 is 4.79 Å². The Morgan fingerprint density at radius 3 is 2.71 bits per heavy atom. The number of carbonyl (C=O) groups excluding carboxylic acids is 1. The molecule has 5 N–H and O–H groups in total. The summed E-state index contributed by atoms with van der Waals surface area (Å²) in [6, 6.07) is 12.0. The number of nitrogens with one attached hydrogen (secondary N) is 3. The third-order valence-electron chi connectivity index (χ3n) is 6.75. The second-order valence-corrected chi connectivity index (χ2v) is 9.99. The van der Waals surface area contributed by atoms with Gasteiger partial charge in [0.15, 0.2) is 0 Å².